The van der Waals surface area contributed by atoms with Crippen molar-refractivity contribution in [1.82, 2.24) is 0 Å². The standard InChI is InChI=1S/C28H28FNO7/c1-28(2)19(10-21(37-28)23-16-8-7-15(29)9-20(16)30-27(23)36)13-3-5-14(6-4-13)24(33)22-17(11-31)25(34)26(35)18(22)12-32/h3-10,17-18,22,25-26,31-32,34-35H,11-12H2,1-2H3,(H,30,36)/t17-,18+,22?,25-,26-/m1/s1. The first-order valence-electron chi connectivity index (χ1n) is 12.1. The first kappa shape index (κ1) is 25.3. The van der Waals surface area contributed by atoms with E-state index in [-0.39, 0.29) is 11.7 Å². The van der Waals surface area contributed by atoms with Crippen molar-refractivity contribution in [3.63, 3.8) is 0 Å². The minimum Gasteiger partial charge on any atom is -0.482 e. The second-order valence-electron chi connectivity index (χ2n) is 10.2. The number of carbonyl (C=O) groups is 2. The molecule has 1 saturated carbocycles. The van der Waals surface area contributed by atoms with Gasteiger partial charge in [0.1, 0.15) is 17.2 Å². The Kier molecular flexibility index (Phi) is 6.27. The van der Waals surface area contributed by atoms with E-state index in [2.05, 4.69) is 5.32 Å². The monoisotopic (exact) mass is 509 g/mol. The van der Waals surface area contributed by atoms with Gasteiger partial charge in [-0.3, -0.25) is 9.59 Å². The van der Waals surface area contributed by atoms with Crippen LogP contribution in [0.2, 0.25) is 0 Å². The number of anilines is 1. The van der Waals surface area contributed by atoms with Crippen LogP contribution in [0.1, 0.15) is 35.3 Å². The van der Waals surface area contributed by atoms with Crippen LogP contribution in [0.4, 0.5) is 10.1 Å². The zero-order valence-electron chi connectivity index (χ0n) is 20.3. The average Bonchev–Trinajstić information content (AvgIpc) is 3.45. The van der Waals surface area contributed by atoms with Crippen LogP contribution in [0.5, 0.6) is 0 Å². The Hall–Kier alpha value is -3.37. The average molecular weight is 510 g/mol. The number of fused-ring (bicyclic) bond motifs is 1. The third-order valence-corrected chi connectivity index (χ3v) is 7.62. The van der Waals surface area contributed by atoms with E-state index in [0.717, 1.165) is 11.1 Å². The van der Waals surface area contributed by atoms with Gasteiger partial charge in [-0.2, -0.15) is 0 Å². The molecule has 194 valence electrons. The minimum absolute atomic E-state index is 0.313. The van der Waals surface area contributed by atoms with E-state index in [4.69, 9.17) is 4.74 Å². The number of hydrogen-bond donors (Lipinski definition) is 5. The number of allylic oxidation sites excluding steroid dienone is 1. The van der Waals surface area contributed by atoms with Crippen LogP contribution in [-0.2, 0) is 9.53 Å². The first-order chi connectivity index (χ1) is 17.6. The molecule has 5 atom stereocenters. The number of ether oxygens (including phenoxy) is 1. The topological polar surface area (TPSA) is 136 Å². The molecule has 1 aliphatic carbocycles. The largest absolute Gasteiger partial charge is 0.482 e. The number of ketones is 1. The van der Waals surface area contributed by atoms with Gasteiger partial charge in [0.15, 0.2) is 5.78 Å². The van der Waals surface area contributed by atoms with Crippen LogP contribution in [0.25, 0.3) is 11.1 Å². The van der Waals surface area contributed by atoms with Crippen molar-refractivity contribution >= 4 is 28.5 Å². The summed E-state index contributed by atoms with van der Waals surface area (Å²) in [6, 6.07) is 10.8. The summed E-state index contributed by atoms with van der Waals surface area (Å²) in [5, 5.41) is 42.5. The maximum atomic E-state index is 13.6. The molecule has 1 amide bonds. The summed E-state index contributed by atoms with van der Waals surface area (Å²) in [4.78, 5) is 25.9. The summed E-state index contributed by atoms with van der Waals surface area (Å²) in [7, 11) is 0. The molecule has 2 heterocycles. The maximum Gasteiger partial charge on any atom is 0.260 e. The highest BCUT2D eigenvalue weighted by molar-refractivity contribution is 6.32. The number of halogens is 1. The Balaban J connectivity index is 1.47. The summed E-state index contributed by atoms with van der Waals surface area (Å²) in [5.41, 5.74) is 2.27. The fraction of sp³-hybridized carbons (Fsp3) is 0.357. The fourth-order valence-corrected chi connectivity index (χ4v) is 5.70. The van der Waals surface area contributed by atoms with E-state index < -0.39 is 54.6 Å². The van der Waals surface area contributed by atoms with Crippen molar-refractivity contribution < 1.29 is 39.1 Å². The van der Waals surface area contributed by atoms with Crippen molar-refractivity contribution in [2.24, 2.45) is 17.8 Å². The lowest BCUT2D eigenvalue weighted by atomic mass is 9.82. The molecule has 2 aromatic rings. The molecule has 5 rings (SSSR count). The molecular formula is C28H28FNO7. The Morgan fingerprint density at radius 1 is 1.03 bits per heavy atom. The Bertz CT molecular complexity index is 1310. The molecule has 2 aromatic carbocycles. The van der Waals surface area contributed by atoms with Gasteiger partial charge in [-0.05, 0) is 43.7 Å². The van der Waals surface area contributed by atoms with Gasteiger partial charge in [0.05, 0.1) is 23.5 Å². The minimum atomic E-state index is -1.31. The third kappa shape index (κ3) is 4.08. The van der Waals surface area contributed by atoms with Crippen LogP contribution in [-0.4, -0.2) is 63.1 Å². The van der Waals surface area contributed by atoms with Gasteiger partial charge < -0.3 is 30.5 Å². The summed E-state index contributed by atoms with van der Waals surface area (Å²) in [6.07, 6.45) is -0.854. The van der Waals surface area contributed by atoms with Crippen molar-refractivity contribution in [2.45, 2.75) is 31.7 Å². The number of Topliss-reactive ketones (excluding diaryl/α,β-unsaturated/α-hetero) is 1. The lowest BCUT2D eigenvalue weighted by Crippen LogP contribution is -2.31. The predicted octanol–water partition coefficient (Wildman–Crippen LogP) is 2.13. The molecule has 37 heavy (non-hydrogen) atoms. The smallest absolute Gasteiger partial charge is 0.260 e. The molecule has 1 unspecified atom stereocenters. The quantitative estimate of drug-likeness (QED) is 0.308. The second-order valence-corrected chi connectivity index (χ2v) is 10.2. The number of hydrogen-bond acceptors (Lipinski definition) is 7. The van der Waals surface area contributed by atoms with E-state index in [1.54, 1.807) is 30.3 Å². The number of aliphatic hydroxyl groups excluding tert-OH is 4. The molecular weight excluding hydrogens is 481 g/mol. The number of nitrogens with one attached hydrogen (secondary N) is 1. The molecule has 9 heteroatoms. The molecule has 1 fully saturated rings. The first-order valence-corrected chi connectivity index (χ1v) is 12.1. The van der Waals surface area contributed by atoms with Crippen molar-refractivity contribution in [2.75, 3.05) is 18.5 Å². The molecule has 3 aliphatic rings. The van der Waals surface area contributed by atoms with Crippen LogP contribution in [0.3, 0.4) is 0 Å². The Labute approximate surface area is 212 Å². The molecule has 0 radical (unpaired) electrons. The highest BCUT2D eigenvalue weighted by Crippen LogP contribution is 2.45. The Morgan fingerprint density at radius 2 is 1.65 bits per heavy atom. The van der Waals surface area contributed by atoms with Crippen LogP contribution in [0, 0.1) is 23.6 Å². The van der Waals surface area contributed by atoms with Gasteiger partial charge >= 0.3 is 0 Å². The summed E-state index contributed by atoms with van der Waals surface area (Å²) >= 11 is 0. The zero-order chi connectivity index (χ0) is 26.6. The number of carbonyl (C=O) groups excluding carboxylic acids is 2. The third-order valence-electron chi connectivity index (χ3n) is 7.62. The lowest BCUT2D eigenvalue weighted by Gasteiger charge is -2.24. The Morgan fingerprint density at radius 3 is 2.24 bits per heavy atom. The number of amides is 1. The SMILES string of the molecule is CC1(C)OC(=C2C(=O)Nc3cc(F)ccc32)C=C1c1ccc(C(=O)C2[C@@H](CO)[C@@H](O)[C@H](O)[C@H]2CO)cc1. The summed E-state index contributed by atoms with van der Waals surface area (Å²) < 4.78 is 19.8. The summed E-state index contributed by atoms with van der Waals surface area (Å²) in [5.74, 6) is -3.57. The molecule has 0 spiro atoms. The second kappa shape index (κ2) is 9.18. The van der Waals surface area contributed by atoms with Gasteiger partial charge in [0.25, 0.3) is 5.91 Å². The number of benzene rings is 2. The van der Waals surface area contributed by atoms with E-state index >= 15 is 0 Å². The number of rotatable bonds is 5. The summed E-state index contributed by atoms with van der Waals surface area (Å²) in [6.45, 7) is 2.70. The van der Waals surface area contributed by atoms with Crippen LogP contribution >= 0.6 is 0 Å². The normalized spacial score (nSPS) is 30.1. The molecule has 5 N–H and O–H groups in total. The van der Waals surface area contributed by atoms with Crippen molar-refractivity contribution in [1.29, 1.82) is 0 Å². The van der Waals surface area contributed by atoms with E-state index in [1.807, 2.05) is 13.8 Å². The van der Waals surface area contributed by atoms with Crippen molar-refractivity contribution in [3.8, 4) is 0 Å². The van der Waals surface area contributed by atoms with Crippen molar-refractivity contribution in [3.05, 3.63) is 76.8 Å². The van der Waals surface area contributed by atoms with Crippen LogP contribution in [0.15, 0.2) is 54.3 Å². The lowest BCUT2D eigenvalue weighted by molar-refractivity contribution is -0.111. The molecule has 8 nitrogen and oxygen atoms in total. The molecule has 0 saturated heterocycles. The molecule has 2 aliphatic heterocycles. The van der Waals surface area contributed by atoms with Gasteiger partial charge in [0, 0.05) is 47.7 Å². The molecule has 0 bridgehead atoms. The van der Waals surface area contributed by atoms with E-state index in [1.165, 1.54) is 18.2 Å². The number of aliphatic hydroxyl groups is 4. The molecule has 0 aromatic heterocycles. The fourth-order valence-electron chi connectivity index (χ4n) is 5.70. The van der Waals surface area contributed by atoms with Gasteiger partial charge in [-0.15, -0.1) is 0 Å². The predicted molar refractivity (Wildman–Crippen MR) is 133 cm³/mol. The maximum absolute atomic E-state index is 13.6. The highest BCUT2D eigenvalue weighted by Gasteiger charge is 2.52. The van der Waals surface area contributed by atoms with Crippen LogP contribution < -0.4 is 5.32 Å². The van der Waals surface area contributed by atoms with Gasteiger partial charge in [-0.25, -0.2) is 4.39 Å². The zero-order valence-corrected chi connectivity index (χ0v) is 20.3. The van der Waals surface area contributed by atoms with E-state index in [9.17, 15) is 34.4 Å². The van der Waals surface area contributed by atoms with Gasteiger partial charge in [0.2, 0.25) is 0 Å². The highest BCUT2D eigenvalue weighted by atomic mass is 19.1. The van der Waals surface area contributed by atoms with Gasteiger partial charge in [-0.1, -0.05) is 24.3 Å². The van der Waals surface area contributed by atoms with E-state index in [0.29, 0.717) is 28.1 Å².